The number of aromatic nitrogens is 3. The van der Waals surface area contributed by atoms with Gasteiger partial charge in [0, 0.05) is 55.3 Å². The first-order valence-corrected chi connectivity index (χ1v) is 7.73. The molecule has 130 valence electrons. The van der Waals surface area contributed by atoms with Crippen LogP contribution < -0.4 is 10.2 Å². The van der Waals surface area contributed by atoms with Gasteiger partial charge >= 0.3 is 0 Å². The second kappa shape index (κ2) is 8.30. The number of carbonyl (C=O) groups is 1. The summed E-state index contributed by atoms with van der Waals surface area (Å²) in [5, 5.41) is 14.4. The van der Waals surface area contributed by atoms with Crippen LogP contribution in [0.15, 0.2) is 17.1 Å². The largest absolute Gasteiger partial charge is 0.491 e. The van der Waals surface area contributed by atoms with Gasteiger partial charge in [-0.15, -0.1) is 0 Å². The van der Waals surface area contributed by atoms with Gasteiger partial charge in [-0.1, -0.05) is 6.92 Å². The third-order valence-corrected chi connectivity index (χ3v) is 3.98. The molecular formula is C16H22N4O4. The number of nitrogens with zero attached hydrogens (tertiary/aromatic N) is 2. The second-order valence-corrected chi connectivity index (χ2v) is 5.44. The standard InChI is InChI=1S/C15H20N4O2.CH2O2/c1-3-12-11-9-19(5-4-13(11)18-17-12)8-10-6-14(20)15(21-2)7-16-10;2-1-3/h6-7H,3-5,8-9H2,1-2H3,(H,16,20)(H,17,18);1H,(H,2,3). The molecule has 8 nitrogen and oxygen atoms in total. The molecule has 0 fully saturated rings. The predicted octanol–water partition coefficient (Wildman–Crippen LogP) is 0.928. The molecule has 0 amide bonds. The Morgan fingerprint density at radius 1 is 1.50 bits per heavy atom. The number of methoxy groups -OCH3 is 1. The first-order valence-electron chi connectivity index (χ1n) is 7.73. The molecule has 0 spiro atoms. The molecule has 3 heterocycles. The molecule has 0 radical (unpaired) electrons. The minimum atomic E-state index is -0.250. The van der Waals surface area contributed by atoms with E-state index in [1.807, 2.05) is 0 Å². The van der Waals surface area contributed by atoms with E-state index >= 15 is 0 Å². The highest BCUT2D eigenvalue weighted by molar-refractivity contribution is 5.32. The molecule has 2 aromatic heterocycles. The fraction of sp³-hybridized carbons (Fsp3) is 0.438. The number of aryl methyl sites for hydroxylation is 1. The van der Waals surface area contributed by atoms with E-state index in [1.54, 1.807) is 12.3 Å². The molecule has 1 aliphatic heterocycles. The summed E-state index contributed by atoms with van der Waals surface area (Å²) in [4.78, 5) is 25.6. The third kappa shape index (κ3) is 4.02. The Morgan fingerprint density at radius 3 is 2.88 bits per heavy atom. The van der Waals surface area contributed by atoms with Crippen molar-refractivity contribution in [1.29, 1.82) is 0 Å². The number of ether oxygens (including phenoxy) is 1. The zero-order valence-electron chi connectivity index (χ0n) is 13.8. The van der Waals surface area contributed by atoms with Crippen molar-refractivity contribution in [3.8, 4) is 5.75 Å². The summed E-state index contributed by atoms with van der Waals surface area (Å²) in [5.41, 5.74) is 4.55. The van der Waals surface area contributed by atoms with Crippen LogP contribution in [0.4, 0.5) is 0 Å². The van der Waals surface area contributed by atoms with E-state index in [2.05, 4.69) is 27.0 Å². The number of fused-ring (bicyclic) bond motifs is 1. The van der Waals surface area contributed by atoms with E-state index in [0.717, 1.165) is 43.9 Å². The Hall–Kier alpha value is -2.61. The fourth-order valence-electron chi connectivity index (χ4n) is 2.83. The quantitative estimate of drug-likeness (QED) is 0.717. The lowest BCUT2D eigenvalue weighted by molar-refractivity contribution is -0.122. The predicted molar refractivity (Wildman–Crippen MR) is 88.1 cm³/mol. The van der Waals surface area contributed by atoms with Crippen molar-refractivity contribution in [3.05, 3.63) is 45.1 Å². The van der Waals surface area contributed by atoms with Gasteiger partial charge in [-0.2, -0.15) is 5.10 Å². The van der Waals surface area contributed by atoms with Gasteiger partial charge in [-0.05, 0) is 6.42 Å². The van der Waals surface area contributed by atoms with Gasteiger partial charge in [0.2, 0.25) is 5.43 Å². The lowest BCUT2D eigenvalue weighted by Gasteiger charge is -2.26. The van der Waals surface area contributed by atoms with Crippen LogP contribution in [0.3, 0.4) is 0 Å². The number of aromatic amines is 2. The van der Waals surface area contributed by atoms with Gasteiger partial charge in [-0.3, -0.25) is 19.6 Å². The van der Waals surface area contributed by atoms with Crippen molar-refractivity contribution in [2.75, 3.05) is 13.7 Å². The number of carboxylic acid groups (broad SMARTS) is 1. The highest BCUT2D eigenvalue weighted by atomic mass is 16.5. The Morgan fingerprint density at radius 2 is 2.25 bits per heavy atom. The first kappa shape index (κ1) is 17.7. The van der Waals surface area contributed by atoms with Crippen molar-refractivity contribution < 1.29 is 14.6 Å². The van der Waals surface area contributed by atoms with Crippen LogP contribution in [0.2, 0.25) is 0 Å². The summed E-state index contributed by atoms with van der Waals surface area (Å²) in [6.07, 6.45) is 3.55. The molecule has 3 rings (SSSR count). The minimum Gasteiger partial charge on any atom is -0.491 e. The molecule has 8 heteroatoms. The van der Waals surface area contributed by atoms with Crippen molar-refractivity contribution in [3.63, 3.8) is 0 Å². The summed E-state index contributed by atoms with van der Waals surface area (Å²) in [6, 6.07) is 1.62. The SMILES string of the molecule is CCc1n[nH]c2c1CN(Cc1cc(=O)c(OC)c[nH]1)CC2.O=CO. The van der Waals surface area contributed by atoms with Crippen LogP contribution in [0, 0.1) is 0 Å². The van der Waals surface area contributed by atoms with Crippen LogP contribution in [-0.4, -0.2) is 45.3 Å². The van der Waals surface area contributed by atoms with Crippen LogP contribution in [-0.2, 0) is 30.7 Å². The van der Waals surface area contributed by atoms with Crippen LogP contribution in [0.1, 0.15) is 29.6 Å². The maximum atomic E-state index is 11.8. The van der Waals surface area contributed by atoms with Gasteiger partial charge in [-0.25, -0.2) is 0 Å². The topological polar surface area (TPSA) is 111 Å². The van der Waals surface area contributed by atoms with E-state index in [0.29, 0.717) is 5.75 Å². The Balaban J connectivity index is 0.000000647. The maximum absolute atomic E-state index is 11.8. The van der Waals surface area contributed by atoms with Crippen molar-refractivity contribution in [2.45, 2.75) is 32.9 Å². The average Bonchev–Trinajstić information content (AvgIpc) is 2.98. The minimum absolute atomic E-state index is 0.0819. The Bertz CT molecular complexity index is 724. The summed E-state index contributed by atoms with van der Waals surface area (Å²) in [6.45, 7) is 4.44. The van der Waals surface area contributed by atoms with Gasteiger partial charge in [0.25, 0.3) is 6.47 Å². The summed E-state index contributed by atoms with van der Waals surface area (Å²) in [7, 11) is 1.50. The van der Waals surface area contributed by atoms with Crippen LogP contribution in [0.5, 0.6) is 5.75 Å². The van der Waals surface area contributed by atoms with Crippen molar-refractivity contribution >= 4 is 6.47 Å². The molecule has 0 bridgehead atoms. The Kier molecular flexibility index (Phi) is 6.14. The van der Waals surface area contributed by atoms with Gasteiger partial charge < -0.3 is 14.8 Å². The monoisotopic (exact) mass is 334 g/mol. The summed E-state index contributed by atoms with van der Waals surface area (Å²) < 4.78 is 4.99. The van der Waals surface area contributed by atoms with E-state index in [9.17, 15) is 4.79 Å². The number of rotatable bonds is 4. The number of pyridine rings is 1. The number of nitrogens with one attached hydrogen (secondary N) is 2. The lowest BCUT2D eigenvalue weighted by atomic mass is 10.0. The fourth-order valence-corrected chi connectivity index (χ4v) is 2.83. The lowest BCUT2D eigenvalue weighted by Crippen LogP contribution is -2.30. The Labute approximate surface area is 139 Å². The zero-order valence-corrected chi connectivity index (χ0v) is 13.8. The molecule has 0 atom stereocenters. The van der Waals surface area contributed by atoms with E-state index in [-0.39, 0.29) is 11.9 Å². The molecule has 24 heavy (non-hydrogen) atoms. The number of hydrogen-bond acceptors (Lipinski definition) is 5. The van der Waals surface area contributed by atoms with Crippen LogP contribution in [0.25, 0.3) is 0 Å². The van der Waals surface area contributed by atoms with E-state index in [4.69, 9.17) is 14.6 Å². The highest BCUT2D eigenvalue weighted by Gasteiger charge is 2.21. The van der Waals surface area contributed by atoms with Crippen molar-refractivity contribution in [1.82, 2.24) is 20.1 Å². The molecule has 0 aromatic carbocycles. The molecule has 0 saturated carbocycles. The average molecular weight is 334 g/mol. The molecule has 0 unspecified atom stereocenters. The molecule has 2 aromatic rings. The normalized spacial score (nSPS) is 13.6. The first-order chi connectivity index (χ1) is 11.6. The molecule has 1 aliphatic rings. The van der Waals surface area contributed by atoms with Gasteiger partial charge in [0.15, 0.2) is 5.75 Å². The van der Waals surface area contributed by atoms with Gasteiger partial charge in [0.05, 0.1) is 12.8 Å². The van der Waals surface area contributed by atoms with Crippen LogP contribution >= 0.6 is 0 Å². The zero-order chi connectivity index (χ0) is 17.5. The summed E-state index contributed by atoms with van der Waals surface area (Å²) >= 11 is 0. The maximum Gasteiger partial charge on any atom is 0.290 e. The van der Waals surface area contributed by atoms with E-state index in [1.165, 1.54) is 18.4 Å². The van der Waals surface area contributed by atoms with E-state index < -0.39 is 0 Å². The smallest absolute Gasteiger partial charge is 0.290 e. The third-order valence-electron chi connectivity index (χ3n) is 3.98. The summed E-state index contributed by atoms with van der Waals surface area (Å²) in [5.74, 6) is 0.350. The van der Waals surface area contributed by atoms with Gasteiger partial charge in [0.1, 0.15) is 0 Å². The second-order valence-electron chi connectivity index (χ2n) is 5.44. The molecule has 0 aliphatic carbocycles. The molecule has 3 N–H and O–H groups in total. The highest BCUT2D eigenvalue weighted by Crippen LogP contribution is 2.21. The molecule has 0 saturated heterocycles. The number of H-pyrrole nitrogens is 2. The number of hydrogen-bond donors (Lipinski definition) is 3. The molecular weight excluding hydrogens is 312 g/mol. The van der Waals surface area contributed by atoms with Crippen molar-refractivity contribution in [2.24, 2.45) is 0 Å².